The highest BCUT2D eigenvalue weighted by molar-refractivity contribution is 6.00. The van der Waals surface area contributed by atoms with E-state index in [1.165, 1.54) is 10.9 Å². The zero-order chi connectivity index (χ0) is 19.0. The standard InChI is InChI=1S/C18H11F2N5O2/c19-13-7-4-8-14(20)15(13)17(26)23-24-10-21-16-12(18(24)27)9-22-25(16)11-5-2-1-3-6-11/h1-10H,(H,23,26). The molecule has 7 nitrogen and oxygen atoms in total. The molecule has 0 aliphatic carbocycles. The molecular weight excluding hydrogens is 356 g/mol. The zero-order valence-electron chi connectivity index (χ0n) is 13.6. The second-order valence-corrected chi connectivity index (χ2v) is 5.59. The fraction of sp³-hybridized carbons (Fsp3) is 0. The Morgan fingerprint density at radius 3 is 2.41 bits per heavy atom. The summed E-state index contributed by atoms with van der Waals surface area (Å²) in [7, 11) is 0. The van der Waals surface area contributed by atoms with Crippen LogP contribution in [-0.2, 0) is 0 Å². The van der Waals surface area contributed by atoms with Gasteiger partial charge in [-0.05, 0) is 24.3 Å². The summed E-state index contributed by atoms with van der Waals surface area (Å²) < 4.78 is 29.7. The molecule has 0 spiro atoms. The third-order valence-electron chi connectivity index (χ3n) is 3.90. The Bertz CT molecular complexity index is 1200. The third-order valence-corrected chi connectivity index (χ3v) is 3.90. The van der Waals surface area contributed by atoms with Crippen molar-refractivity contribution in [1.29, 1.82) is 0 Å². The molecule has 0 bridgehead atoms. The molecule has 4 aromatic rings. The molecule has 0 radical (unpaired) electrons. The summed E-state index contributed by atoms with van der Waals surface area (Å²) in [4.78, 5) is 28.9. The van der Waals surface area contributed by atoms with Crippen molar-refractivity contribution in [3.8, 4) is 5.69 Å². The summed E-state index contributed by atoms with van der Waals surface area (Å²) in [5.74, 6) is -3.18. The maximum atomic E-state index is 13.7. The second-order valence-electron chi connectivity index (χ2n) is 5.59. The Labute approximate surface area is 150 Å². The van der Waals surface area contributed by atoms with Crippen molar-refractivity contribution in [1.82, 2.24) is 19.4 Å². The van der Waals surface area contributed by atoms with Crippen LogP contribution >= 0.6 is 0 Å². The van der Waals surface area contributed by atoms with E-state index in [-0.39, 0.29) is 11.0 Å². The minimum atomic E-state index is -1.11. The monoisotopic (exact) mass is 367 g/mol. The summed E-state index contributed by atoms with van der Waals surface area (Å²) in [5.41, 5.74) is 1.70. The lowest BCUT2D eigenvalue weighted by atomic mass is 10.2. The van der Waals surface area contributed by atoms with Gasteiger partial charge in [0.05, 0.1) is 11.9 Å². The van der Waals surface area contributed by atoms with E-state index in [0.717, 1.165) is 29.2 Å². The largest absolute Gasteiger partial charge is 0.283 e. The SMILES string of the molecule is O=C(Nn1cnc2c(cnn2-c2ccccc2)c1=O)c1c(F)cccc1F. The molecule has 27 heavy (non-hydrogen) atoms. The van der Waals surface area contributed by atoms with Crippen LogP contribution in [0.3, 0.4) is 0 Å². The van der Waals surface area contributed by atoms with Gasteiger partial charge in [0.1, 0.15) is 28.9 Å². The number of carbonyl (C=O) groups is 1. The lowest BCUT2D eigenvalue weighted by Gasteiger charge is -2.09. The van der Waals surface area contributed by atoms with Crippen LogP contribution in [0, 0.1) is 11.6 Å². The van der Waals surface area contributed by atoms with Crippen molar-refractivity contribution in [2.45, 2.75) is 0 Å². The van der Waals surface area contributed by atoms with Gasteiger partial charge in [-0.2, -0.15) is 5.10 Å². The first-order chi connectivity index (χ1) is 13.1. The number of rotatable bonds is 3. The van der Waals surface area contributed by atoms with Crippen LogP contribution in [0.4, 0.5) is 8.78 Å². The number of para-hydroxylation sites is 1. The Kier molecular flexibility index (Phi) is 3.96. The number of hydrogen-bond donors (Lipinski definition) is 1. The number of nitrogens with zero attached hydrogens (tertiary/aromatic N) is 4. The maximum Gasteiger partial charge on any atom is 0.283 e. The van der Waals surface area contributed by atoms with E-state index in [4.69, 9.17) is 0 Å². The normalized spacial score (nSPS) is 10.9. The lowest BCUT2D eigenvalue weighted by molar-refractivity contribution is 0.0999. The number of aromatic nitrogens is 4. The molecule has 0 saturated heterocycles. The highest BCUT2D eigenvalue weighted by Gasteiger charge is 2.19. The van der Waals surface area contributed by atoms with Gasteiger partial charge in [0, 0.05) is 0 Å². The number of benzene rings is 2. The summed E-state index contributed by atoms with van der Waals surface area (Å²) in [6.07, 6.45) is 2.37. The van der Waals surface area contributed by atoms with Crippen molar-refractivity contribution in [2.75, 3.05) is 5.43 Å². The molecule has 0 fully saturated rings. The minimum absolute atomic E-state index is 0.135. The van der Waals surface area contributed by atoms with Crippen LogP contribution in [0.2, 0.25) is 0 Å². The third kappa shape index (κ3) is 2.84. The zero-order valence-corrected chi connectivity index (χ0v) is 13.6. The van der Waals surface area contributed by atoms with Crippen LogP contribution in [0.15, 0.2) is 65.8 Å². The number of hydrogen-bond acceptors (Lipinski definition) is 4. The highest BCUT2D eigenvalue weighted by atomic mass is 19.1. The molecule has 9 heteroatoms. The Morgan fingerprint density at radius 2 is 1.70 bits per heavy atom. The van der Waals surface area contributed by atoms with E-state index in [0.29, 0.717) is 5.69 Å². The summed E-state index contributed by atoms with van der Waals surface area (Å²) in [5, 5.41) is 4.28. The van der Waals surface area contributed by atoms with E-state index in [9.17, 15) is 18.4 Å². The van der Waals surface area contributed by atoms with Gasteiger partial charge in [0.2, 0.25) is 0 Å². The van der Waals surface area contributed by atoms with Crippen LogP contribution in [0.5, 0.6) is 0 Å². The van der Waals surface area contributed by atoms with Crippen molar-refractivity contribution < 1.29 is 13.6 Å². The first kappa shape index (κ1) is 16.6. The van der Waals surface area contributed by atoms with E-state index in [2.05, 4.69) is 15.5 Å². The molecule has 1 N–H and O–H groups in total. The number of amides is 1. The van der Waals surface area contributed by atoms with Crippen molar-refractivity contribution in [3.63, 3.8) is 0 Å². The van der Waals surface area contributed by atoms with E-state index in [1.54, 1.807) is 12.1 Å². The molecule has 0 aliphatic rings. The second kappa shape index (κ2) is 6.45. The Morgan fingerprint density at radius 1 is 1.00 bits per heavy atom. The molecule has 4 rings (SSSR count). The van der Waals surface area contributed by atoms with Crippen molar-refractivity contribution in [3.05, 3.63) is 88.6 Å². The molecule has 2 aromatic carbocycles. The summed E-state index contributed by atoms with van der Waals surface area (Å²) in [6.45, 7) is 0. The number of carbonyl (C=O) groups excluding carboxylic acids is 1. The first-order valence-corrected chi connectivity index (χ1v) is 7.82. The van der Waals surface area contributed by atoms with Crippen molar-refractivity contribution in [2.24, 2.45) is 0 Å². The molecule has 0 aliphatic heterocycles. The summed E-state index contributed by atoms with van der Waals surface area (Å²) in [6, 6.07) is 12.1. The van der Waals surface area contributed by atoms with Crippen LogP contribution in [-0.4, -0.2) is 25.3 Å². The van der Waals surface area contributed by atoms with E-state index in [1.807, 2.05) is 18.2 Å². The Balaban J connectivity index is 1.73. The molecule has 0 saturated carbocycles. The van der Waals surface area contributed by atoms with Crippen LogP contribution in [0.1, 0.15) is 10.4 Å². The first-order valence-electron chi connectivity index (χ1n) is 7.82. The van der Waals surface area contributed by atoms with Gasteiger partial charge in [-0.15, -0.1) is 0 Å². The molecule has 2 heterocycles. The minimum Gasteiger partial charge on any atom is -0.267 e. The van der Waals surface area contributed by atoms with Crippen LogP contribution < -0.4 is 11.0 Å². The quantitative estimate of drug-likeness (QED) is 0.602. The number of halogens is 2. The van der Waals surface area contributed by atoms with Gasteiger partial charge in [0.15, 0.2) is 5.65 Å². The van der Waals surface area contributed by atoms with Gasteiger partial charge in [0.25, 0.3) is 11.5 Å². The summed E-state index contributed by atoms with van der Waals surface area (Å²) >= 11 is 0. The van der Waals surface area contributed by atoms with Gasteiger partial charge in [-0.3, -0.25) is 15.0 Å². The maximum absolute atomic E-state index is 13.7. The fourth-order valence-electron chi connectivity index (χ4n) is 2.63. The lowest BCUT2D eigenvalue weighted by Crippen LogP contribution is -2.34. The number of fused-ring (bicyclic) bond motifs is 1. The van der Waals surface area contributed by atoms with E-state index >= 15 is 0 Å². The molecule has 0 atom stereocenters. The number of nitrogens with one attached hydrogen (secondary N) is 1. The predicted octanol–water partition coefficient (Wildman–Crippen LogP) is 2.24. The van der Waals surface area contributed by atoms with Gasteiger partial charge in [-0.25, -0.2) is 23.1 Å². The highest BCUT2D eigenvalue weighted by Crippen LogP contribution is 2.14. The molecular formula is C18H11F2N5O2. The van der Waals surface area contributed by atoms with Gasteiger partial charge >= 0.3 is 0 Å². The average molecular weight is 367 g/mol. The molecule has 0 unspecified atom stereocenters. The average Bonchev–Trinajstić information content (AvgIpc) is 3.09. The smallest absolute Gasteiger partial charge is 0.267 e. The van der Waals surface area contributed by atoms with Gasteiger partial charge < -0.3 is 0 Å². The van der Waals surface area contributed by atoms with Crippen LogP contribution in [0.25, 0.3) is 16.7 Å². The molecule has 2 aromatic heterocycles. The topological polar surface area (TPSA) is 81.8 Å². The van der Waals surface area contributed by atoms with E-state index < -0.39 is 28.7 Å². The molecule has 1 amide bonds. The Hall–Kier alpha value is -3.88. The molecule has 134 valence electrons. The predicted molar refractivity (Wildman–Crippen MR) is 93.2 cm³/mol. The fourth-order valence-corrected chi connectivity index (χ4v) is 2.63. The van der Waals surface area contributed by atoms with Gasteiger partial charge in [-0.1, -0.05) is 24.3 Å². The van der Waals surface area contributed by atoms with Crippen molar-refractivity contribution >= 4 is 16.9 Å².